The zero-order valence-electron chi connectivity index (χ0n) is 14.2. The van der Waals surface area contributed by atoms with Crippen LogP contribution in [0.5, 0.6) is 0 Å². The number of hydrogen-bond donors (Lipinski definition) is 0. The molecule has 1 saturated heterocycles. The van der Waals surface area contributed by atoms with E-state index in [0.29, 0.717) is 54.1 Å². The van der Waals surface area contributed by atoms with Gasteiger partial charge in [-0.3, -0.25) is 4.79 Å². The second-order valence-corrected chi connectivity index (χ2v) is 8.87. The zero-order valence-corrected chi connectivity index (χ0v) is 20.6. The Morgan fingerprint density at radius 3 is 1.89 bits per heavy atom. The van der Waals surface area contributed by atoms with E-state index in [9.17, 15) is 13.6 Å². The van der Waals surface area contributed by atoms with E-state index in [1.165, 1.54) is 12.1 Å². The molecule has 2 aromatic carbocycles. The summed E-state index contributed by atoms with van der Waals surface area (Å²) < 4.78 is 39.4. The standard InChI is InChI=1S/C10H9Br2FO2.C8H5Br2FO.CH4/c1-5-7(13)4-6(11)8(9(5)12)10-14-2-3-15-10;1-4-7(11)2-6(9)5(3-12)8(4)10;/h4,10H,2-3H2,1H3;2-3H,1H3;1H4. The van der Waals surface area contributed by atoms with Crippen LogP contribution in [-0.2, 0) is 9.47 Å². The zero-order chi connectivity index (χ0) is 20.3. The number of aldehydes is 1. The minimum Gasteiger partial charge on any atom is -0.346 e. The SMILES string of the molecule is C.Cc1c(F)cc(Br)c(C2OCCO2)c1Br.Cc1c(F)cc(Br)c(C=O)c1Br. The Kier molecular flexibility index (Phi) is 10.4. The smallest absolute Gasteiger partial charge is 0.186 e. The van der Waals surface area contributed by atoms with Gasteiger partial charge in [0.1, 0.15) is 11.6 Å². The van der Waals surface area contributed by atoms with Crippen LogP contribution in [0.3, 0.4) is 0 Å². The molecule has 0 N–H and O–H groups in total. The summed E-state index contributed by atoms with van der Waals surface area (Å²) in [4.78, 5) is 10.5. The molecule has 0 atom stereocenters. The predicted molar refractivity (Wildman–Crippen MR) is 120 cm³/mol. The lowest BCUT2D eigenvalue weighted by Crippen LogP contribution is -2.03. The van der Waals surface area contributed by atoms with Crippen LogP contribution in [-0.4, -0.2) is 19.5 Å². The van der Waals surface area contributed by atoms with E-state index in [4.69, 9.17) is 9.47 Å². The monoisotopic (exact) mass is 648 g/mol. The fourth-order valence-electron chi connectivity index (χ4n) is 2.27. The van der Waals surface area contributed by atoms with E-state index < -0.39 is 6.29 Å². The first-order valence-corrected chi connectivity index (χ1v) is 10.8. The van der Waals surface area contributed by atoms with Crippen LogP contribution in [0.4, 0.5) is 8.78 Å². The summed E-state index contributed by atoms with van der Waals surface area (Å²) in [5.41, 5.74) is 2.26. The van der Waals surface area contributed by atoms with Gasteiger partial charge in [-0.05, 0) is 84.9 Å². The summed E-state index contributed by atoms with van der Waals surface area (Å²) >= 11 is 12.9. The Hall–Kier alpha value is -0.190. The lowest BCUT2D eigenvalue weighted by Gasteiger charge is -2.15. The predicted octanol–water partition coefficient (Wildman–Crippen LogP) is 7.81. The molecule has 0 bridgehead atoms. The molecule has 0 saturated carbocycles. The molecule has 0 aromatic heterocycles. The molecule has 28 heavy (non-hydrogen) atoms. The molecular weight excluding hydrogens is 634 g/mol. The van der Waals surface area contributed by atoms with Gasteiger partial charge in [-0.15, -0.1) is 0 Å². The van der Waals surface area contributed by atoms with Crippen LogP contribution in [0.2, 0.25) is 0 Å². The van der Waals surface area contributed by atoms with Crippen molar-refractivity contribution in [1.29, 1.82) is 0 Å². The minimum absolute atomic E-state index is 0. The van der Waals surface area contributed by atoms with Crippen molar-refractivity contribution < 1.29 is 23.0 Å². The molecule has 0 amide bonds. The molecule has 3 rings (SSSR count). The first-order valence-electron chi connectivity index (χ1n) is 7.65. The van der Waals surface area contributed by atoms with Crippen LogP contribution in [0.15, 0.2) is 30.0 Å². The van der Waals surface area contributed by atoms with Gasteiger partial charge in [0.05, 0.1) is 13.2 Å². The number of ether oxygens (including phenoxy) is 2. The first kappa shape index (κ1) is 25.8. The first-order chi connectivity index (χ1) is 12.7. The fraction of sp³-hybridized carbons (Fsp3) is 0.316. The molecule has 0 spiro atoms. The van der Waals surface area contributed by atoms with Gasteiger partial charge in [0.25, 0.3) is 0 Å². The third-order valence-corrected chi connectivity index (χ3v) is 7.20. The van der Waals surface area contributed by atoms with Crippen molar-refractivity contribution in [2.75, 3.05) is 13.2 Å². The summed E-state index contributed by atoms with van der Waals surface area (Å²) in [7, 11) is 0. The van der Waals surface area contributed by atoms with Crippen LogP contribution in [0, 0.1) is 25.5 Å². The minimum atomic E-state index is -0.409. The Morgan fingerprint density at radius 1 is 0.929 bits per heavy atom. The Bertz CT molecular complexity index is 869. The van der Waals surface area contributed by atoms with Crippen LogP contribution in [0.1, 0.15) is 40.8 Å². The Balaban J connectivity index is 0.000000277. The van der Waals surface area contributed by atoms with E-state index in [-0.39, 0.29) is 19.1 Å². The summed E-state index contributed by atoms with van der Waals surface area (Å²) in [6, 6.07) is 2.71. The largest absolute Gasteiger partial charge is 0.346 e. The van der Waals surface area contributed by atoms with Gasteiger partial charge in [0, 0.05) is 29.0 Å². The molecule has 2 aromatic rings. The quantitative estimate of drug-likeness (QED) is 0.311. The fourth-order valence-corrected chi connectivity index (χ4v) is 4.96. The molecule has 0 radical (unpaired) electrons. The van der Waals surface area contributed by atoms with Gasteiger partial charge in [-0.2, -0.15) is 0 Å². The maximum Gasteiger partial charge on any atom is 0.186 e. The Labute approximate surface area is 196 Å². The van der Waals surface area contributed by atoms with E-state index in [1.54, 1.807) is 13.8 Å². The lowest BCUT2D eigenvalue weighted by atomic mass is 10.1. The molecule has 3 nitrogen and oxygen atoms in total. The van der Waals surface area contributed by atoms with Crippen LogP contribution >= 0.6 is 63.7 Å². The highest BCUT2D eigenvalue weighted by Gasteiger charge is 2.25. The number of carbonyl (C=O) groups is 1. The Morgan fingerprint density at radius 2 is 1.39 bits per heavy atom. The average molecular weight is 652 g/mol. The van der Waals surface area contributed by atoms with Crippen molar-refractivity contribution in [2.24, 2.45) is 0 Å². The van der Waals surface area contributed by atoms with Crippen molar-refractivity contribution in [1.82, 2.24) is 0 Å². The molecule has 1 aliphatic rings. The molecule has 1 fully saturated rings. The van der Waals surface area contributed by atoms with E-state index in [1.807, 2.05) is 0 Å². The lowest BCUT2D eigenvalue weighted by molar-refractivity contribution is -0.0452. The molecule has 9 heteroatoms. The van der Waals surface area contributed by atoms with Gasteiger partial charge < -0.3 is 9.47 Å². The highest BCUT2D eigenvalue weighted by molar-refractivity contribution is 9.11. The number of halogens is 6. The summed E-state index contributed by atoms with van der Waals surface area (Å²) in [5, 5.41) is 0. The van der Waals surface area contributed by atoms with Gasteiger partial charge in [0.15, 0.2) is 12.6 Å². The summed E-state index contributed by atoms with van der Waals surface area (Å²) in [6.07, 6.45) is 0.272. The summed E-state index contributed by atoms with van der Waals surface area (Å²) in [6.45, 7) is 4.46. The maximum atomic E-state index is 13.4. The third-order valence-electron chi connectivity index (χ3n) is 3.84. The number of benzene rings is 2. The van der Waals surface area contributed by atoms with Crippen LogP contribution in [0.25, 0.3) is 0 Å². The number of rotatable bonds is 2. The van der Waals surface area contributed by atoms with Crippen molar-refractivity contribution >= 4 is 70.0 Å². The number of hydrogen-bond acceptors (Lipinski definition) is 3. The topological polar surface area (TPSA) is 35.5 Å². The van der Waals surface area contributed by atoms with Crippen LogP contribution < -0.4 is 0 Å². The van der Waals surface area contributed by atoms with Gasteiger partial charge in [-0.1, -0.05) is 23.4 Å². The maximum absolute atomic E-state index is 13.4. The second kappa shape index (κ2) is 11.3. The third kappa shape index (κ3) is 5.70. The molecule has 154 valence electrons. The van der Waals surface area contributed by atoms with Crippen molar-refractivity contribution in [3.8, 4) is 0 Å². The highest BCUT2D eigenvalue weighted by Crippen LogP contribution is 2.38. The van der Waals surface area contributed by atoms with E-state index >= 15 is 0 Å². The van der Waals surface area contributed by atoms with Crippen molar-refractivity contribution in [3.05, 3.63) is 63.9 Å². The molecule has 0 unspecified atom stereocenters. The number of carbonyl (C=O) groups excluding carboxylic acids is 1. The second-order valence-electron chi connectivity index (χ2n) is 5.58. The van der Waals surface area contributed by atoms with Gasteiger partial charge in [-0.25, -0.2) is 8.78 Å². The van der Waals surface area contributed by atoms with Gasteiger partial charge in [0.2, 0.25) is 0 Å². The summed E-state index contributed by atoms with van der Waals surface area (Å²) in [5.74, 6) is -0.588. The van der Waals surface area contributed by atoms with E-state index in [2.05, 4.69) is 63.7 Å². The molecule has 1 aliphatic heterocycles. The van der Waals surface area contributed by atoms with Crippen molar-refractivity contribution in [3.63, 3.8) is 0 Å². The molecule has 0 aliphatic carbocycles. The highest BCUT2D eigenvalue weighted by atomic mass is 79.9. The van der Waals surface area contributed by atoms with E-state index in [0.717, 1.165) is 5.56 Å². The molecule has 1 heterocycles. The van der Waals surface area contributed by atoms with Crippen molar-refractivity contribution in [2.45, 2.75) is 27.6 Å². The average Bonchev–Trinajstić information content (AvgIpc) is 3.13. The normalized spacial score (nSPS) is 13.6. The molecular formula is C19H18Br4F2O3. The van der Waals surface area contributed by atoms with Gasteiger partial charge >= 0.3 is 0 Å².